The summed E-state index contributed by atoms with van der Waals surface area (Å²) in [6.07, 6.45) is 1.54. The Balaban J connectivity index is 1.61. The number of ether oxygens (including phenoxy) is 1. The number of nitrogens with zero attached hydrogens (tertiary/aromatic N) is 3. The first-order valence-electron chi connectivity index (χ1n) is 9.27. The number of benzene rings is 1. The summed E-state index contributed by atoms with van der Waals surface area (Å²) in [7, 11) is 1.63. The van der Waals surface area contributed by atoms with E-state index in [4.69, 9.17) is 16.3 Å². The molecule has 0 unspecified atom stereocenters. The molecule has 1 aromatic rings. The van der Waals surface area contributed by atoms with Crippen molar-refractivity contribution in [2.45, 2.75) is 18.9 Å². The van der Waals surface area contributed by atoms with Gasteiger partial charge >= 0.3 is 0 Å². The molecule has 8 heteroatoms. The van der Waals surface area contributed by atoms with Gasteiger partial charge in [-0.1, -0.05) is 11.6 Å². The van der Waals surface area contributed by atoms with Gasteiger partial charge in [0.05, 0.1) is 18.2 Å². The van der Waals surface area contributed by atoms with Gasteiger partial charge in [0.15, 0.2) is 0 Å². The lowest BCUT2D eigenvalue weighted by Gasteiger charge is -2.26. The van der Waals surface area contributed by atoms with Gasteiger partial charge in [-0.2, -0.15) is 0 Å². The highest BCUT2D eigenvalue weighted by molar-refractivity contribution is 6.31. The molecule has 148 valence electrons. The number of hydrogen-bond acceptors (Lipinski definition) is 4. The van der Waals surface area contributed by atoms with Crippen LogP contribution < -0.4 is 0 Å². The molecule has 2 saturated heterocycles. The molecular weight excluding hydrogens is 373 g/mol. The van der Waals surface area contributed by atoms with Crippen molar-refractivity contribution >= 4 is 23.4 Å². The maximum absolute atomic E-state index is 14.0. The fraction of sp³-hybridized carbons (Fsp3) is 0.579. The van der Waals surface area contributed by atoms with E-state index < -0.39 is 5.82 Å². The second-order valence-corrected chi connectivity index (χ2v) is 7.36. The zero-order chi connectivity index (χ0) is 19.4. The van der Waals surface area contributed by atoms with E-state index in [-0.39, 0.29) is 23.4 Å². The number of likely N-dealkylation sites (tertiary alicyclic amines) is 1. The van der Waals surface area contributed by atoms with Crippen LogP contribution in [0.15, 0.2) is 18.2 Å². The van der Waals surface area contributed by atoms with Crippen LogP contribution in [-0.2, 0) is 9.53 Å². The average molecular weight is 398 g/mol. The summed E-state index contributed by atoms with van der Waals surface area (Å²) < 4.78 is 19.1. The van der Waals surface area contributed by atoms with Crippen molar-refractivity contribution in [2.75, 3.05) is 53.0 Å². The Hall–Kier alpha value is -1.70. The first-order chi connectivity index (χ1) is 13.0. The zero-order valence-electron chi connectivity index (χ0n) is 15.5. The normalized spacial score (nSPS) is 21.6. The molecule has 0 saturated carbocycles. The number of carbonyl (C=O) groups is 2. The molecule has 1 atom stereocenters. The molecule has 6 nitrogen and oxygen atoms in total. The van der Waals surface area contributed by atoms with Gasteiger partial charge in [0.1, 0.15) is 5.82 Å². The fourth-order valence-electron chi connectivity index (χ4n) is 3.77. The highest BCUT2D eigenvalue weighted by atomic mass is 35.5. The quantitative estimate of drug-likeness (QED) is 0.761. The molecule has 27 heavy (non-hydrogen) atoms. The third-order valence-electron chi connectivity index (χ3n) is 5.25. The Kier molecular flexibility index (Phi) is 6.68. The van der Waals surface area contributed by atoms with Gasteiger partial charge < -0.3 is 14.5 Å². The average Bonchev–Trinajstić information content (AvgIpc) is 2.87. The van der Waals surface area contributed by atoms with E-state index in [1.807, 2.05) is 4.90 Å². The molecule has 0 N–H and O–H groups in total. The number of halogens is 2. The minimum atomic E-state index is -0.565. The van der Waals surface area contributed by atoms with Crippen LogP contribution in [0.4, 0.5) is 4.39 Å². The summed E-state index contributed by atoms with van der Waals surface area (Å²) in [6, 6.07) is 3.88. The number of rotatable bonds is 5. The predicted molar refractivity (Wildman–Crippen MR) is 100 cm³/mol. The van der Waals surface area contributed by atoms with E-state index in [1.165, 1.54) is 18.2 Å². The lowest BCUT2D eigenvalue weighted by Crippen LogP contribution is -2.44. The Labute approximate surface area is 163 Å². The van der Waals surface area contributed by atoms with E-state index in [9.17, 15) is 14.0 Å². The molecule has 0 spiro atoms. The Morgan fingerprint density at radius 1 is 1.26 bits per heavy atom. The van der Waals surface area contributed by atoms with Crippen molar-refractivity contribution in [1.82, 2.24) is 14.7 Å². The van der Waals surface area contributed by atoms with Crippen LogP contribution in [0.5, 0.6) is 0 Å². The highest BCUT2D eigenvalue weighted by Crippen LogP contribution is 2.21. The van der Waals surface area contributed by atoms with Gasteiger partial charge in [0.25, 0.3) is 5.91 Å². The number of methoxy groups -OCH3 is 1. The van der Waals surface area contributed by atoms with Gasteiger partial charge in [-0.3, -0.25) is 14.5 Å². The van der Waals surface area contributed by atoms with Crippen molar-refractivity contribution in [3.05, 3.63) is 34.6 Å². The van der Waals surface area contributed by atoms with Crippen LogP contribution in [0.1, 0.15) is 23.2 Å². The summed E-state index contributed by atoms with van der Waals surface area (Å²) in [5.74, 6) is -0.783. The maximum atomic E-state index is 14.0. The van der Waals surface area contributed by atoms with Crippen molar-refractivity contribution < 1.29 is 18.7 Å². The minimum Gasteiger partial charge on any atom is -0.383 e. The molecule has 0 bridgehead atoms. The third kappa shape index (κ3) is 4.59. The molecule has 1 aromatic carbocycles. The fourth-order valence-corrected chi connectivity index (χ4v) is 3.94. The first-order valence-corrected chi connectivity index (χ1v) is 9.65. The Morgan fingerprint density at radius 3 is 2.85 bits per heavy atom. The third-order valence-corrected chi connectivity index (χ3v) is 5.49. The summed E-state index contributed by atoms with van der Waals surface area (Å²) in [5.41, 5.74) is -0.00127. The van der Waals surface area contributed by atoms with Crippen LogP contribution in [0.2, 0.25) is 5.02 Å². The summed E-state index contributed by atoms with van der Waals surface area (Å²) in [4.78, 5) is 31.0. The van der Waals surface area contributed by atoms with Gasteiger partial charge in [0, 0.05) is 51.4 Å². The van der Waals surface area contributed by atoms with E-state index in [2.05, 4.69) is 4.90 Å². The molecule has 2 fully saturated rings. The van der Waals surface area contributed by atoms with Crippen LogP contribution >= 0.6 is 11.6 Å². The van der Waals surface area contributed by atoms with Crippen molar-refractivity contribution in [2.24, 2.45) is 0 Å². The molecular formula is C19H25ClFN3O3. The van der Waals surface area contributed by atoms with E-state index in [1.54, 1.807) is 12.0 Å². The maximum Gasteiger partial charge on any atom is 0.256 e. The van der Waals surface area contributed by atoms with Gasteiger partial charge in [0.2, 0.25) is 5.91 Å². The smallest absolute Gasteiger partial charge is 0.256 e. The standard InChI is InChI=1S/C19H25ClFN3O3/c1-27-12-11-24-8-5-17(19(24)26)22-6-2-7-23(10-9-22)18(25)15-13-14(20)3-4-16(15)21/h3-4,13,17H,2,5-12H2,1H3/t17-/m1/s1. The van der Waals surface area contributed by atoms with Crippen LogP contribution in [0, 0.1) is 5.82 Å². The molecule has 2 amide bonds. The summed E-state index contributed by atoms with van der Waals surface area (Å²) in [6.45, 7) is 4.23. The molecule has 2 heterocycles. The molecule has 0 aliphatic carbocycles. The SMILES string of the molecule is COCCN1CC[C@@H](N2CCCN(C(=O)c3cc(Cl)ccc3F)CC2)C1=O. The lowest BCUT2D eigenvalue weighted by molar-refractivity contribution is -0.132. The second kappa shape index (κ2) is 8.99. The number of hydrogen-bond donors (Lipinski definition) is 0. The monoisotopic (exact) mass is 397 g/mol. The van der Waals surface area contributed by atoms with Gasteiger partial charge in [-0.05, 0) is 31.0 Å². The largest absolute Gasteiger partial charge is 0.383 e. The van der Waals surface area contributed by atoms with Crippen LogP contribution in [0.3, 0.4) is 0 Å². The van der Waals surface area contributed by atoms with Gasteiger partial charge in [-0.15, -0.1) is 0 Å². The highest BCUT2D eigenvalue weighted by Gasteiger charge is 2.36. The number of amides is 2. The van der Waals surface area contributed by atoms with Crippen molar-refractivity contribution in [1.29, 1.82) is 0 Å². The van der Waals surface area contributed by atoms with E-state index >= 15 is 0 Å². The van der Waals surface area contributed by atoms with E-state index in [0.29, 0.717) is 37.8 Å². The zero-order valence-corrected chi connectivity index (χ0v) is 16.3. The predicted octanol–water partition coefficient (Wildman–Crippen LogP) is 1.87. The topological polar surface area (TPSA) is 53.1 Å². The van der Waals surface area contributed by atoms with Gasteiger partial charge in [-0.25, -0.2) is 4.39 Å². The van der Waals surface area contributed by atoms with Crippen LogP contribution in [0.25, 0.3) is 0 Å². The summed E-state index contributed by atoms with van der Waals surface area (Å²) in [5, 5.41) is 0.337. The van der Waals surface area contributed by atoms with Crippen LogP contribution in [-0.4, -0.2) is 85.5 Å². The minimum absolute atomic E-state index is 0.00127. The molecule has 3 rings (SSSR count). The van der Waals surface area contributed by atoms with Crippen molar-refractivity contribution in [3.8, 4) is 0 Å². The molecule has 0 radical (unpaired) electrons. The summed E-state index contributed by atoms with van der Waals surface area (Å²) >= 11 is 5.91. The number of carbonyl (C=O) groups excluding carboxylic acids is 2. The molecule has 0 aromatic heterocycles. The van der Waals surface area contributed by atoms with Crippen molar-refractivity contribution in [3.63, 3.8) is 0 Å². The lowest BCUT2D eigenvalue weighted by atomic mass is 10.2. The molecule has 2 aliphatic rings. The second-order valence-electron chi connectivity index (χ2n) is 6.93. The Bertz CT molecular complexity index is 703. The van der Waals surface area contributed by atoms with E-state index in [0.717, 1.165) is 25.9 Å². The molecule has 2 aliphatic heterocycles. The first kappa shape index (κ1) is 20.0. The Morgan fingerprint density at radius 2 is 2.07 bits per heavy atom.